The molecule has 1 aromatic heterocycles. The topological polar surface area (TPSA) is 42.9 Å². The lowest BCUT2D eigenvalue weighted by Gasteiger charge is -2.00. The van der Waals surface area contributed by atoms with E-state index in [0.29, 0.717) is 6.42 Å². The predicted octanol–water partition coefficient (Wildman–Crippen LogP) is 2.92. The van der Waals surface area contributed by atoms with Crippen molar-refractivity contribution in [1.82, 2.24) is 9.59 Å². The normalized spacial score (nSPS) is 10.4. The van der Waals surface area contributed by atoms with Crippen LogP contribution >= 0.6 is 11.5 Å². The van der Waals surface area contributed by atoms with Crippen LogP contribution in [0.4, 0.5) is 0 Å². The number of hydrogen-bond acceptors (Lipinski definition) is 4. The van der Waals surface area contributed by atoms with Gasteiger partial charge in [-0.1, -0.05) is 48.2 Å². The van der Waals surface area contributed by atoms with E-state index in [0.717, 1.165) is 29.0 Å². The number of nitrogens with zero attached hydrogens (tertiary/aromatic N) is 2. The molecule has 2 aromatic rings. The van der Waals surface area contributed by atoms with Crippen molar-refractivity contribution >= 4 is 17.3 Å². The Bertz CT molecular complexity index is 493. The first kappa shape index (κ1) is 11.9. The van der Waals surface area contributed by atoms with Crippen molar-refractivity contribution in [3.63, 3.8) is 0 Å². The molecular weight excluding hydrogens is 232 g/mol. The number of rotatable bonds is 5. The molecule has 0 bridgehead atoms. The molecule has 4 heteroatoms. The van der Waals surface area contributed by atoms with Gasteiger partial charge in [0.15, 0.2) is 5.78 Å². The lowest BCUT2D eigenvalue weighted by Crippen LogP contribution is -2.04. The summed E-state index contributed by atoms with van der Waals surface area (Å²) in [6.45, 7) is 2.07. The number of hydrogen-bond donors (Lipinski definition) is 0. The minimum Gasteiger partial charge on any atom is -0.293 e. The molecule has 1 aromatic carbocycles. The average Bonchev–Trinajstić information content (AvgIpc) is 2.79. The molecule has 0 spiro atoms. The van der Waals surface area contributed by atoms with Gasteiger partial charge in [-0.3, -0.25) is 4.79 Å². The number of ketones is 1. The first-order valence-corrected chi connectivity index (χ1v) is 6.47. The van der Waals surface area contributed by atoms with Crippen LogP contribution in [-0.2, 0) is 12.8 Å². The van der Waals surface area contributed by atoms with Gasteiger partial charge in [-0.25, -0.2) is 0 Å². The smallest absolute Gasteiger partial charge is 0.180 e. The lowest BCUT2D eigenvalue weighted by atomic mass is 10.1. The molecule has 0 aliphatic heterocycles. The molecule has 0 saturated carbocycles. The fourth-order valence-electron chi connectivity index (χ4n) is 1.68. The van der Waals surface area contributed by atoms with Crippen LogP contribution in [0.3, 0.4) is 0 Å². The van der Waals surface area contributed by atoms with Crippen molar-refractivity contribution in [1.29, 1.82) is 0 Å². The Labute approximate surface area is 105 Å². The van der Waals surface area contributed by atoms with E-state index in [9.17, 15) is 4.79 Å². The van der Waals surface area contributed by atoms with E-state index >= 15 is 0 Å². The van der Waals surface area contributed by atoms with E-state index in [2.05, 4.69) is 16.5 Å². The highest BCUT2D eigenvalue weighted by Crippen LogP contribution is 2.15. The van der Waals surface area contributed by atoms with Crippen LogP contribution in [0.15, 0.2) is 30.3 Å². The number of Topliss-reactive ketones (excluding diaryl/α,β-unsaturated/α-hetero) is 1. The monoisotopic (exact) mass is 246 g/mol. The van der Waals surface area contributed by atoms with E-state index < -0.39 is 0 Å². The van der Waals surface area contributed by atoms with Crippen molar-refractivity contribution < 1.29 is 4.79 Å². The fourth-order valence-corrected chi connectivity index (χ4v) is 2.33. The summed E-state index contributed by atoms with van der Waals surface area (Å²) in [5.74, 6) is 0.120. The third-order valence-electron chi connectivity index (χ3n) is 2.50. The maximum atomic E-state index is 12.1. The molecule has 0 aliphatic carbocycles. The number of benzene rings is 1. The van der Waals surface area contributed by atoms with Crippen LogP contribution in [0.1, 0.15) is 34.3 Å². The van der Waals surface area contributed by atoms with E-state index in [1.54, 1.807) is 0 Å². The second-order valence-corrected chi connectivity index (χ2v) is 4.64. The predicted molar refractivity (Wildman–Crippen MR) is 68.4 cm³/mol. The van der Waals surface area contributed by atoms with Gasteiger partial charge in [0.05, 0.1) is 5.69 Å². The number of aryl methyl sites for hydroxylation is 1. The van der Waals surface area contributed by atoms with Gasteiger partial charge in [0, 0.05) is 6.42 Å². The van der Waals surface area contributed by atoms with Crippen LogP contribution < -0.4 is 0 Å². The van der Waals surface area contributed by atoms with Gasteiger partial charge in [-0.2, -0.15) is 0 Å². The highest BCUT2D eigenvalue weighted by molar-refractivity contribution is 7.08. The zero-order valence-corrected chi connectivity index (χ0v) is 10.5. The second kappa shape index (κ2) is 5.68. The van der Waals surface area contributed by atoms with Crippen LogP contribution in [0.5, 0.6) is 0 Å². The zero-order valence-electron chi connectivity index (χ0n) is 9.72. The van der Waals surface area contributed by atoms with Gasteiger partial charge in [-0.05, 0) is 23.5 Å². The summed E-state index contributed by atoms with van der Waals surface area (Å²) in [7, 11) is 0. The number of aromatic nitrogens is 2. The van der Waals surface area contributed by atoms with Gasteiger partial charge in [0.25, 0.3) is 0 Å². The third kappa shape index (κ3) is 2.97. The zero-order chi connectivity index (χ0) is 12.1. The molecule has 17 heavy (non-hydrogen) atoms. The van der Waals surface area contributed by atoms with Crippen LogP contribution in [0, 0.1) is 0 Å². The molecule has 0 N–H and O–H groups in total. The van der Waals surface area contributed by atoms with Crippen molar-refractivity contribution in [3.05, 3.63) is 46.5 Å². The van der Waals surface area contributed by atoms with E-state index in [-0.39, 0.29) is 5.78 Å². The molecule has 0 unspecified atom stereocenters. The molecule has 0 saturated heterocycles. The Balaban J connectivity index is 2.12. The first-order valence-electron chi connectivity index (χ1n) is 5.69. The number of carbonyl (C=O) groups is 1. The molecule has 0 fully saturated rings. The van der Waals surface area contributed by atoms with Crippen LogP contribution in [0.2, 0.25) is 0 Å². The molecule has 2 rings (SSSR count). The van der Waals surface area contributed by atoms with Gasteiger partial charge in [-0.15, -0.1) is 5.10 Å². The summed E-state index contributed by atoms with van der Waals surface area (Å²) in [4.78, 5) is 12.8. The molecule has 0 atom stereocenters. The minimum absolute atomic E-state index is 0.120. The van der Waals surface area contributed by atoms with Gasteiger partial charge in [0.1, 0.15) is 4.88 Å². The Morgan fingerprint density at radius 1 is 1.29 bits per heavy atom. The van der Waals surface area contributed by atoms with E-state index in [4.69, 9.17) is 0 Å². The Morgan fingerprint density at radius 2 is 2.06 bits per heavy atom. The summed E-state index contributed by atoms with van der Waals surface area (Å²) in [5.41, 5.74) is 1.88. The summed E-state index contributed by atoms with van der Waals surface area (Å²) in [5, 5.41) is 4.02. The molecule has 3 nitrogen and oxygen atoms in total. The van der Waals surface area contributed by atoms with Crippen molar-refractivity contribution in [2.24, 2.45) is 0 Å². The highest BCUT2D eigenvalue weighted by Gasteiger charge is 2.15. The Morgan fingerprint density at radius 3 is 2.76 bits per heavy atom. The van der Waals surface area contributed by atoms with Crippen molar-refractivity contribution in [2.75, 3.05) is 0 Å². The van der Waals surface area contributed by atoms with Gasteiger partial charge in [0.2, 0.25) is 0 Å². The first-order chi connectivity index (χ1) is 8.31. The number of carbonyl (C=O) groups excluding carboxylic acids is 1. The SMILES string of the molecule is CCCc1nnsc1C(=O)Cc1ccccc1. The van der Waals surface area contributed by atoms with E-state index in [1.165, 1.54) is 11.5 Å². The molecule has 0 radical (unpaired) electrons. The maximum Gasteiger partial charge on any atom is 0.180 e. The quantitative estimate of drug-likeness (QED) is 0.762. The highest BCUT2D eigenvalue weighted by atomic mass is 32.1. The van der Waals surface area contributed by atoms with E-state index in [1.807, 2.05) is 30.3 Å². The van der Waals surface area contributed by atoms with Gasteiger partial charge < -0.3 is 0 Å². The summed E-state index contributed by atoms with van der Waals surface area (Å²) >= 11 is 1.21. The molecule has 0 amide bonds. The Hall–Kier alpha value is -1.55. The summed E-state index contributed by atoms with van der Waals surface area (Å²) < 4.78 is 3.87. The second-order valence-electron chi connectivity index (χ2n) is 3.88. The fraction of sp³-hybridized carbons (Fsp3) is 0.308. The molecule has 88 valence electrons. The van der Waals surface area contributed by atoms with Crippen molar-refractivity contribution in [3.8, 4) is 0 Å². The lowest BCUT2D eigenvalue weighted by molar-refractivity contribution is 0.0996. The van der Waals surface area contributed by atoms with Crippen molar-refractivity contribution in [2.45, 2.75) is 26.2 Å². The maximum absolute atomic E-state index is 12.1. The van der Waals surface area contributed by atoms with Crippen LogP contribution in [-0.4, -0.2) is 15.4 Å². The molecular formula is C13H14N2OS. The average molecular weight is 246 g/mol. The third-order valence-corrected chi connectivity index (χ3v) is 3.31. The summed E-state index contributed by atoms with van der Waals surface area (Å²) in [6, 6.07) is 9.77. The Kier molecular flexibility index (Phi) is 3.98. The summed E-state index contributed by atoms with van der Waals surface area (Å²) in [6.07, 6.45) is 2.24. The van der Waals surface area contributed by atoms with Gasteiger partial charge >= 0.3 is 0 Å². The molecule has 1 heterocycles. The standard InChI is InChI=1S/C13H14N2OS/c1-2-6-11-13(17-15-14-11)12(16)9-10-7-4-3-5-8-10/h3-5,7-8H,2,6,9H2,1H3. The molecule has 0 aliphatic rings. The van der Waals surface area contributed by atoms with Crippen LogP contribution in [0.25, 0.3) is 0 Å². The minimum atomic E-state index is 0.120. The largest absolute Gasteiger partial charge is 0.293 e.